The number of carbonyl (C=O) groups is 3. The Morgan fingerprint density at radius 2 is 0.494 bits per heavy atom. The Labute approximate surface area is 488 Å². The number of rotatable bonds is 59. The van der Waals surface area contributed by atoms with Crippen molar-refractivity contribution in [3.05, 3.63) is 122 Å². The fourth-order valence-corrected chi connectivity index (χ4v) is 9.02. The number of hydrogen-bond acceptors (Lipinski definition) is 6. The summed E-state index contributed by atoms with van der Waals surface area (Å²) in [5.74, 6) is -0.915. The van der Waals surface area contributed by atoms with Crippen molar-refractivity contribution in [2.45, 2.75) is 309 Å². The van der Waals surface area contributed by atoms with E-state index >= 15 is 0 Å². The van der Waals surface area contributed by atoms with Crippen molar-refractivity contribution in [1.82, 2.24) is 0 Å². The summed E-state index contributed by atoms with van der Waals surface area (Å²) >= 11 is 0. The molecule has 79 heavy (non-hydrogen) atoms. The Bertz CT molecular complexity index is 1640. The molecule has 1 unspecified atom stereocenters. The molecule has 0 amide bonds. The average Bonchev–Trinajstić information content (AvgIpc) is 3.45. The van der Waals surface area contributed by atoms with Gasteiger partial charge in [0.25, 0.3) is 0 Å². The van der Waals surface area contributed by atoms with Crippen molar-refractivity contribution >= 4 is 17.9 Å². The zero-order valence-electron chi connectivity index (χ0n) is 51.6. The van der Waals surface area contributed by atoms with Crippen molar-refractivity contribution in [2.24, 2.45) is 0 Å². The summed E-state index contributed by atoms with van der Waals surface area (Å²) < 4.78 is 16.9. The van der Waals surface area contributed by atoms with E-state index in [2.05, 4.69) is 142 Å². The zero-order chi connectivity index (χ0) is 57.1. The normalized spacial score (nSPS) is 12.9. The predicted octanol–water partition coefficient (Wildman–Crippen LogP) is 22.8. The van der Waals surface area contributed by atoms with Gasteiger partial charge in [-0.3, -0.25) is 14.4 Å². The molecule has 450 valence electrons. The third-order valence-corrected chi connectivity index (χ3v) is 14.0. The largest absolute Gasteiger partial charge is 0.462 e. The summed E-state index contributed by atoms with van der Waals surface area (Å²) in [6.07, 6.45) is 92.0. The van der Waals surface area contributed by atoms with Crippen molar-refractivity contribution in [1.29, 1.82) is 0 Å². The van der Waals surface area contributed by atoms with E-state index in [4.69, 9.17) is 14.2 Å². The van der Waals surface area contributed by atoms with Gasteiger partial charge in [-0.1, -0.05) is 290 Å². The van der Waals surface area contributed by atoms with Crippen molar-refractivity contribution in [2.75, 3.05) is 13.2 Å². The van der Waals surface area contributed by atoms with Crippen LogP contribution in [-0.4, -0.2) is 37.2 Å². The molecule has 0 rings (SSSR count). The van der Waals surface area contributed by atoms with E-state index in [0.717, 1.165) is 135 Å². The van der Waals surface area contributed by atoms with E-state index < -0.39 is 6.10 Å². The minimum Gasteiger partial charge on any atom is -0.462 e. The highest BCUT2D eigenvalue weighted by Crippen LogP contribution is 2.16. The molecule has 0 saturated carbocycles. The first-order valence-corrected chi connectivity index (χ1v) is 33.0. The highest BCUT2D eigenvalue weighted by molar-refractivity contribution is 5.71. The molecule has 0 spiro atoms. The topological polar surface area (TPSA) is 78.9 Å². The van der Waals surface area contributed by atoms with Gasteiger partial charge in [0.15, 0.2) is 6.10 Å². The van der Waals surface area contributed by atoms with Crippen LogP contribution in [0.25, 0.3) is 0 Å². The molecule has 0 N–H and O–H groups in total. The van der Waals surface area contributed by atoms with Gasteiger partial charge in [-0.2, -0.15) is 0 Å². The first-order valence-electron chi connectivity index (χ1n) is 33.0. The number of hydrogen-bond donors (Lipinski definition) is 0. The van der Waals surface area contributed by atoms with E-state index in [0.29, 0.717) is 19.3 Å². The molecule has 0 heterocycles. The Balaban J connectivity index is 4.40. The van der Waals surface area contributed by atoms with Crippen LogP contribution in [0.1, 0.15) is 303 Å². The number of unbranched alkanes of at least 4 members (excludes halogenated alkanes) is 28. The zero-order valence-corrected chi connectivity index (χ0v) is 51.6. The molecule has 0 aromatic carbocycles. The summed E-state index contributed by atoms with van der Waals surface area (Å²) in [6, 6.07) is 0. The Morgan fingerprint density at radius 3 is 0.797 bits per heavy atom. The molecule has 6 heteroatoms. The van der Waals surface area contributed by atoms with Gasteiger partial charge in [0.1, 0.15) is 13.2 Å². The molecular formula is C73H122O6. The first kappa shape index (κ1) is 74.8. The summed E-state index contributed by atoms with van der Waals surface area (Å²) in [5.41, 5.74) is 0. The summed E-state index contributed by atoms with van der Waals surface area (Å²) in [7, 11) is 0. The van der Waals surface area contributed by atoms with E-state index in [1.165, 1.54) is 128 Å². The lowest BCUT2D eigenvalue weighted by Crippen LogP contribution is -2.30. The molecule has 0 aliphatic heterocycles. The molecular weight excluding hydrogens is 973 g/mol. The Kier molecular flexibility index (Phi) is 62.8. The van der Waals surface area contributed by atoms with Crippen LogP contribution < -0.4 is 0 Å². The van der Waals surface area contributed by atoms with Gasteiger partial charge in [0, 0.05) is 19.3 Å². The van der Waals surface area contributed by atoms with Crippen LogP contribution in [0.15, 0.2) is 122 Å². The SMILES string of the molecule is CC/C=C\C/C=C\C/C=C\C/C=C\C/C=C\C/C=C\C/C=C\C/C=C\CCCCCCC(=O)OCC(COC(=O)CCCCCCCCCCCCCCCCC)OC(=O)CCCCCCCCC/C=C\C/C=C\CCCCC. The molecule has 0 aromatic heterocycles. The average molecular weight is 1100 g/mol. The molecule has 0 aliphatic rings. The lowest BCUT2D eigenvalue weighted by atomic mass is 10.0. The minimum absolute atomic E-state index is 0.0890. The van der Waals surface area contributed by atoms with Gasteiger partial charge in [0.2, 0.25) is 0 Å². The van der Waals surface area contributed by atoms with Crippen molar-refractivity contribution in [3.63, 3.8) is 0 Å². The van der Waals surface area contributed by atoms with Crippen LogP contribution in [0.3, 0.4) is 0 Å². The van der Waals surface area contributed by atoms with Crippen LogP contribution in [0, 0.1) is 0 Å². The number of carbonyl (C=O) groups excluding carboxylic acids is 3. The number of ether oxygens (including phenoxy) is 3. The quantitative estimate of drug-likeness (QED) is 0.0261. The summed E-state index contributed by atoms with van der Waals surface area (Å²) in [4.78, 5) is 38.3. The maximum Gasteiger partial charge on any atom is 0.306 e. The second kappa shape index (κ2) is 66.3. The van der Waals surface area contributed by atoms with Gasteiger partial charge < -0.3 is 14.2 Å². The maximum absolute atomic E-state index is 12.9. The standard InChI is InChI=1S/C73H122O6/c1-4-7-10-13-16-19-22-25-28-30-31-32-33-34-35-36-37-38-39-40-41-43-45-48-51-54-57-60-63-66-72(75)78-69-70(68-77-71(74)65-62-59-56-53-50-47-44-27-24-21-18-15-12-9-6-3)79-73(76)67-64-61-58-55-52-49-46-42-29-26-23-20-17-14-11-8-5-2/h7,10,16-17,19-20,25-26,28-29,31-32,34-35,37-38,40-41,45,48,70H,4-6,8-9,11-15,18,21-24,27,30,33,36,39,42-44,46-47,49-69H2,1-3H3/b10-7-,19-16-,20-17-,28-25-,29-26-,32-31-,35-34-,38-37-,41-40-,48-45-. The maximum atomic E-state index is 12.9. The first-order chi connectivity index (χ1) is 39.0. The van der Waals surface area contributed by atoms with E-state index in [9.17, 15) is 14.4 Å². The van der Waals surface area contributed by atoms with Crippen LogP contribution in [-0.2, 0) is 28.6 Å². The third kappa shape index (κ3) is 64.5. The predicted molar refractivity (Wildman–Crippen MR) is 343 cm³/mol. The fraction of sp³-hybridized carbons (Fsp3) is 0.685. The van der Waals surface area contributed by atoms with Gasteiger partial charge in [-0.25, -0.2) is 0 Å². The van der Waals surface area contributed by atoms with Crippen molar-refractivity contribution in [3.8, 4) is 0 Å². The molecule has 0 bridgehead atoms. The van der Waals surface area contributed by atoms with E-state index in [-0.39, 0.29) is 31.1 Å². The highest BCUT2D eigenvalue weighted by Gasteiger charge is 2.19. The van der Waals surface area contributed by atoms with Crippen LogP contribution in [0.4, 0.5) is 0 Å². The minimum atomic E-state index is -0.796. The Hall–Kier alpha value is -4.19. The molecule has 6 nitrogen and oxygen atoms in total. The molecule has 0 fully saturated rings. The monoisotopic (exact) mass is 1090 g/mol. The molecule has 1 atom stereocenters. The summed E-state index contributed by atoms with van der Waals surface area (Å²) in [6.45, 7) is 6.50. The van der Waals surface area contributed by atoms with Gasteiger partial charge >= 0.3 is 17.9 Å². The van der Waals surface area contributed by atoms with Gasteiger partial charge in [-0.05, 0) is 116 Å². The number of esters is 3. The lowest BCUT2D eigenvalue weighted by molar-refractivity contribution is -0.167. The third-order valence-electron chi connectivity index (χ3n) is 14.0. The number of allylic oxidation sites excluding steroid dienone is 20. The van der Waals surface area contributed by atoms with Crippen LogP contribution >= 0.6 is 0 Å². The fourth-order valence-electron chi connectivity index (χ4n) is 9.02. The molecule has 0 saturated heterocycles. The van der Waals surface area contributed by atoms with Gasteiger partial charge in [0.05, 0.1) is 0 Å². The Morgan fingerprint density at radius 1 is 0.266 bits per heavy atom. The summed E-state index contributed by atoms with van der Waals surface area (Å²) in [5, 5.41) is 0. The molecule has 0 aromatic rings. The van der Waals surface area contributed by atoms with Gasteiger partial charge in [-0.15, -0.1) is 0 Å². The molecule has 0 aliphatic carbocycles. The van der Waals surface area contributed by atoms with Crippen LogP contribution in [0.5, 0.6) is 0 Å². The molecule has 0 radical (unpaired) electrons. The highest BCUT2D eigenvalue weighted by atomic mass is 16.6. The van der Waals surface area contributed by atoms with E-state index in [1.54, 1.807) is 0 Å². The second-order valence-corrected chi connectivity index (χ2v) is 21.6. The second-order valence-electron chi connectivity index (χ2n) is 21.6. The smallest absolute Gasteiger partial charge is 0.306 e. The van der Waals surface area contributed by atoms with E-state index in [1.807, 2.05) is 0 Å². The van der Waals surface area contributed by atoms with Crippen LogP contribution in [0.2, 0.25) is 0 Å². The lowest BCUT2D eigenvalue weighted by Gasteiger charge is -2.18. The van der Waals surface area contributed by atoms with Crippen molar-refractivity contribution < 1.29 is 28.6 Å².